The lowest BCUT2D eigenvalue weighted by molar-refractivity contribution is -0.132. The van der Waals surface area contributed by atoms with E-state index in [4.69, 9.17) is 30.2 Å². The van der Waals surface area contributed by atoms with E-state index in [2.05, 4.69) is 0 Å². The van der Waals surface area contributed by atoms with Gasteiger partial charge in [0.05, 0.1) is 24.0 Å². The largest absolute Gasteiger partial charge is 0.507 e. The van der Waals surface area contributed by atoms with Gasteiger partial charge in [-0.2, -0.15) is 0 Å². The van der Waals surface area contributed by atoms with Crippen LogP contribution in [-0.4, -0.2) is 30.7 Å². The summed E-state index contributed by atoms with van der Waals surface area (Å²) in [7, 11) is 1.47. The van der Waals surface area contributed by atoms with Gasteiger partial charge in [-0.1, -0.05) is 11.6 Å². The van der Waals surface area contributed by atoms with Gasteiger partial charge in [0.2, 0.25) is 6.79 Å². The van der Waals surface area contributed by atoms with Gasteiger partial charge < -0.3 is 23.7 Å². The number of ether oxygens (including phenoxy) is 3. The number of furan rings is 1. The van der Waals surface area contributed by atoms with Crippen molar-refractivity contribution in [1.82, 2.24) is 0 Å². The number of benzene rings is 2. The maximum atomic E-state index is 13.1. The third-order valence-corrected chi connectivity index (χ3v) is 5.61. The number of aliphatic hydroxyl groups excluding tert-OH is 1. The fourth-order valence-electron chi connectivity index (χ4n) is 3.82. The van der Waals surface area contributed by atoms with Gasteiger partial charge in [0, 0.05) is 11.3 Å². The maximum Gasteiger partial charge on any atom is 0.300 e. The number of carbonyl (C=O) groups excluding carboxylic acids is 2. The Morgan fingerprint density at radius 3 is 2.66 bits per heavy atom. The number of carbonyl (C=O) groups is 2. The fourth-order valence-corrected chi connectivity index (χ4v) is 4.07. The Balaban J connectivity index is 1.67. The number of amides is 1. The highest BCUT2D eigenvalue weighted by molar-refractivity contribution is 6.51. The number of anilines is 1. The third kappa shape index (κ3) is 3.07. The zero-order valence-electron chi connectivity index (χ0n) is 16.7. The highest BCUT2D eigenvalue weighted by Crippen LogP contribution is 2.44. The molecule has 162 valence electrons. The molecule has 0 bridgehead atoms. The lowest BCUT2D eigenvalue weighted by Gasteiger charge is -2.23. The summed E-state index contributed by atoms with van der Waals surface area (Å²) in [6, 6.07) is 11.7. The Kier molecular flexibility index (Phi) is 4.79. The molecule has 1 saturated heterocycles. The first kappa shape index (κ1) is 20.0. The first-order valence-corrected chi connectivity index (χ1v) is 9.95. The van der Waals surface area contributed by atoms with E-state index >= 15 is 0 Å². The van der Waals surface area contributed by atoms with E-state index in [-0.39, 0.29) is 23.1 Å². The first-order valence-electron chi connectivity index (χ1n) is 9.57. The first-order chi connectivity index (χ1) is 15.5. The molecule has 2 aliphatic heterocycles. The van der Waals surface area contributed by atoms with Crippen LogP contribution in [0.2, 0.25) is 5.02 Å². The van der Waals surface area contributed by atoms with Crippen LogP contribution >= 0.6 is 11.6 Å². The lowest BCUT2D eigenvalue weighted by atomic mass is 9.99. The van der Waals surface area contributed by atoms with Crippen LogP contribution in [0.5, 0.6) is 17.2 Å². The van der Waals surface area contributed by atoms with Gasteiger partial charge in [0.1, 0.15) is 23.3 Å². The van der Waals surface area contributed by atoms with Gasteiger partial charge in [0.15, 0.2) is 11.5 Å². The zero-order valence-corrected chi connectivity index (χ0v) is 17.5. The molecule has 8 nitrogen and oxygen atoms in total. The van der Waals surface area contributed by atoms with Crippen molar-refractivity contribution in [2.75, 3.05) is 18.8 Å². The Morgan fingerprint density at radius 1 is 1.12 bits per heavy atom. The summed E-state index contributed by atoms with van der Waals surface area (Å²) in [5, 5.41) is 11.4. The van der Waals surface area contributed by atoms with Crippen molar-refractivity contribution >= 4 is 34.7 Å². The normalized spacial score (nSPS) is 18.9. The molecule has 1 fully saturated rings. The van der Waals surface area contributed by atoms with E-state index < -0.39 is 17.7 Å². The van der Waals surface area contributed by atoms with Gasteiger partial charge in [0.25, 0.3) is 11.7 Å². The van der Waals surface area contributed by atoms with E-state index in [0.29, 0.717) is 34.3 Å². The number of hydrogen-bond acceptors (Lipinski definition) is 7. The summed E-state index contributed by atoms with van der Waals surface area (Å²) < 4.78 is 21.4. The second-order valence-corrected chi connectivity index (χ2v) is 7.48. The number of nitrogens with zero attached hydrogens (tertiary/aromatic N) is 1. The van der Waals surface area contributed by atoms with Crippen molar-refractivity contribution in [3.63, 3.8) is 0 Å². The highest BCUT2D eigenvalue weighted by Gasteiger charge is 2.48. The molecule has 3 heterocycles. The minimum absolute atomic E-state index is 0.0641. The average Bonchev–Trinajstić information content (AvgIpc) is 3.53. The van der Waals surface area contributed by atoms with Crippen LogP contribution in [0, 0.1) is 0 Å². The molecule has 32 heavy (non-hydrogen) atoms. The number of methoxy groups -OCH3 is 1. The number of halogens is 1. The van der Waals surface area contributed by atoms with Crippen LogP contribution in [0.1, 0.15) is 17.4 Å². The molecule has 9 heteroatoms. The predicted octanol–water partition coefficient (Wildman–Crippen LogP) is 4.30. The summed E-state index contributed by atoms with van der Waals surface area (Å²) >= 11 is 6.26. The number of hydrogen-bond donors (Lipinski definition) is 1. The van der Waals surface area contributed by atoms with E-state index in [1.54, 1.807) is 42.5 Å². The molecule has 1 aromatic heterocycles. The monoisotopic (exact) mass is 453 g/mol. The molecule has 2 aliphatic rings. The molecule has 0 radical (unpaired) electrons. The SMILES string of the molecule is COc1ccc(N2C(=O)C(=O)/C(=C(\O)c3ccc4c(c3)OCO4)C2c2ccco2)cc1Cl. The van der Waals surface area contributed by atoms with E-state index in [1.807, 2.05) is 0 Å². The zero-order chi connectivity index (χ0) is 22.4. The predicted molar refractivity (Wildman–Crippen MR) is 114 cm³/mol. The molecular formula is C23H16ClNO7. The number of fused-ring (bicyclic) bond motifs is 1. The van der Waals surface area contributed by atoms with Crippen LogP contribution < -0.4 is 19.1 Å². The Labute approximate surface area is 187 Å². The minimum atomic E-state index is -1.00. The molecule has 5 rings (SSSR count). The van der Waals surface area contributed by atoms with Crippen molar-refractivity contribution in [3.05, 3.63) is 76.7 Å². The Morgan fingerprint density at radius 2 is 1.94 bits per heavy atom. The van der Waals surface area contributed by atoms with Crippen LogP contribution in [0.25, 0.3) is 5.76 Å². The summed E-state index contributed by atoms with van der Waals surface area (Å²) in [5.41, 5.74) is 0.538. The molecule has 1 atom stereocenters. The van der Waals surface area contributed by atoms with E-state index in [0.717, 1.165) is 0 Å². The quantitative estimate of drug-likeness (QED) is 0.357. The van der Waals surface area contributed by atoms with Gasteiger partial charge >= 0.3 is 0 Å². The van der Waals surface area contributed by atoms with Gasteiger partial charge in [-0.3, -0.25) is 14.5 Å². The van der Waals surface area contributed by atoms with Crippen molar-refractivity contribution in [3.8, 4) is 17.2 Å². The Hall–Kier alpha value is -3.91. The van der Waals surface area contributed by atoms with Crippen molar-refractivity contribution in [1.29, 1.82) is 0 Å². The molecule has 0 spiro atoms. The molecule has 1 N–H and O–H groups in total. The summed E-state index contributed by atoms with van der Waals surface area (Å²) in [4.78, 5) is 27.4. The number of ketones is 1. The van der Waals surface area contributed by atoms with E-state index in [9.17, 15) is 14.7 Å². The maximum absolute atomic E-state index is 13.1. The number of rotatable bonds is 4. The van der Waals surface area contributed by atoms with Crippen LogP contribution in [-0.2, 0) is 9.59 Å². The van der Waals surface area contributed by atoms with E-state index in [1.165, 1.54) is 24.3 Å². The van der Waals surface area contributed by atoms with Crippen LogP contribution in [0.15, 0.2) is 64.8 Å². The summed E-state index contributed by atoms with van der Waals surface area (Å²) in [6.45, 7) is 0.0641. The molecular weight excluding hydrogens is 438 g/mol. The summed E-state index contributed by atoms with van der Waals surface area (Å²) in [6.07, 6.45) is 1.43. The standard InChI is InChI=1S/C23H16ClNO7/c1-29-15-7-5-13(10-14(15)24)25-20(17-3-2-8-30-17)19(22(27)23(25)28)21(26)12-4-6-16-18(9-12)32-11-31-16/h2-10,20,26H,11H2,1H3/b21-19-. The third-order valence-electron chi connectivity index (χ3n) is 5.32. The second kappa shape index (κ2) is 7.65. The van der Waals surface area contributed by atoms with Gasteiger partial charge in [-0.25, -0.2) is 0 Å². The molecule has 0 saturated carbocycles. The topological polar surface area (TPSA) is 98.4 Å². The van der Waals surface area contributed by atoms with Crippen LogP contribution in [0.3, 0.4) is 0 Å². The van der Waals surface area contributed by atoms with Crippen molar-refractivity contribution < 1.29 is 33.3 Å². The highest BCUT2D eigenvalue weighted by atomic mass is 35.5. The van der Waals surface area contributed by atoms with Crippen molar-refractivity contribution in [2.45, 2.75) is 6.04 Å². The molecule has 1 amide bonds. The Bertz CT molecular complexity index is 1270. The fraction of sp³-hybridized carbons (Fsp3) is 0.130. The number of Topliss-reactive ketones (excluding diaryl/α,β-unsaturated/α-hetero) is 1. The molecule has 0 aliphatic carbocycles. The smallest absolute Gasteiger partial charge is 0.300 e. The average molecular weight is 454 g/mol. The molecule has 3 aromatic rings. The van der Waals surface area contributed by atoms with Crippen molar-refractivity contribution in [2.24, 2.45) is 0 Å². The summed E-state index contributed by atoms with van der Waals surface area (Å²) in [5.74, 6) is -0.355. The molecule has 2 aromatic carbocycles. The second-order valence-electron chi connectivity index (χ2n) is 7.07. The molecule has 1 unspecified atom stereocenters. The van der Waals surface area contributed by atoms with Gasteiger partial charge in [-0.15, -0.1) is 0 Å². The van der Waals surface area contributed by atoms with Gasteiger partial charge in [-0.05, 0) is 48.5 Å². The number of aliphatic hydroxyl groups is 1. The van der Waals surface area contributed by atoms with Crippen LogP contribution in [0.4, 0.5) is 5.69 Å². The minimum Gasteiger partial charge on any atom is -0.507 e. The lowest BCUT2D eigenvalue weighted by Crippen LogP contribution is -2.29.